The van der Waals surface area contributed by atoms with E-state index in [0.29, 0.717) is 19.1 Å². The molecule has 0 aromatic rings. The molecule has 1 aliphatic carbocycles. The Kier molecular flexibility index (Phi) is 6.42. The zero-order valence-corrected chi connectivity index (χ0v) is 10.2. The zero-order chi connectivity index (χ0) is 11.8. The summed E-state index contributed by atoms with van der Waals surface area (Å²) in [5.41, 5.74) is 5.71. The van der Waals surface area contributed by atoms with E-state index in [1.807, 2.05) is 6.92 Å². The summed E-state index contributed by atoms with van der Waals surface area (Å²) in [7, 11) is 0. The van der Waals surface area contributed by atoms with Gasteiger partial charge in [-0.1, -0.05) is 19.8 Å². The maximum atomic E-state index is 11.6. The SMILES string of the molecule is CCCOCC(=O)NC1CCCCC1CN. The first-order valence-electron chi connectivity index (χ1n) is 6.35. The lowest BCUT2D eigenvalue weighted by Crippen LogP contribution is -2.45. The molecule has 3 N–H and O–H groups in total. The molecule has 1 amide bonds. The van der Waals surface area contributed by atoms with Gasteiger partial charge in [0.2, 0.25) is 5.91 Å². The smallest absolute Gasteiger partial charge is 0.246 e. The van der Waals surface area contributed by atoms with Gasteiger partial charge in [-0.3, -0.25) is 4.79 Å². The van der Waals surface area contributed by atoms with Crippen LogP contribution in [0.15, 0.2) is 0 Å². The molecule has 2 unspecified atom stereocenters. The fourth-order valence-corrected chi connectivity index (χ4v) is 2.24. The number of nitrogens with two attached hydrogens (primary N) is 1. The van der Waals surface area contributed by atoms with Crippen molar-refractivity contribution in [2.45, 2.75) is 45.1 Å². The first kappa shape index (κ1) is 13.5. The number of rotatable bonds is 6. The van der Waals surface area contributed by atoms with Crippen LogP contribution in [0.2, 0.25) is 0 Å². The standard InChI is InChI=1S/C12H24N2O2/c1-2-7-16-9-12(15)14-11-6-4-3-5-10(11)8-13/h10-11H,2-9,13H2,1H3,(H,14,15). The summed E-state index contributed by atoms with van der Waals surface area (Å²) in [5, 5.41) is 3.03. The molecule has 2 atom stereocenters. The Balaban J connectivity index is 2.25. The normalized spacial score (nSPS) is 25.4. The Morgan fingerprint density at radius 1 is 1.44 bits per heavy atom. The summed E-state index contributed by atoms with van der Waals surface area (Å²) in [6.45, 7) is 3.53. The first-order chi connectivity index (χ1) is 7.77. The van der Waals surface area contributed by atoms with Crippen LogP contribution in [0.25, 0.3) is 0 Å². The van der Waals surface area contributed by atoms with Gasteiger partial charge in [-0.15, -0.1) is 0 Å². The highest BCUT2D eigenvalue weighted by Gasteiger charge is 2.24. The third kappa shape index (κ3) is 4.49. The molecule has 16 heavy (non-hydrogen) atoms. The molecule has 0 aromatic heterocycles. The Bertz CT molecular complexity index is 209. The van der Waals surface area contributed by atoms with Crippen molar-refractivity contribution in [2.24, 2.45) is 11.7 Å². The van der Waals surface area contributed by atoms with Gasteiger partial charge in [0.15, 0.2) is 0 Å². The van der Waals surface area contributed by atoms with Crippen LogP contribution in [0.3, 0.4) is 0 Å². The Hall–Kier alpha value is -0.610. The zero-order valence-electron chi connectivity index (χ0n) is 10.2. The van der Waals surface area contributed by atoms with E-state index in [1.54, 1.807) is 0 Å². The molecule has 4 nitrogen and oxygen atoms in total. The van der Waals surface area contributed by atoms with E-state index in [0.717, 1.165) is 19.3 Å². The van der Waals surface area contributed by atoms with Crippen molar-refractivity contribution in [3.63, 3.8) is 0 Å². The van der Waals surface area contributed by atoms with E-state index < -0.39 is 0 Å². The molecule has 1 fully saturated rings. The minimum atomic E-state index is -0.00111. The predicted molar refractivity (Wildman–Crippen MR) is 64.1 cm³/mol. The molecule has 0 radical (unpaired) electrons. The van der Waals surface area contributed by atoms with E-state index in [-0.39, 0.29) is 18.6 Å². The molecule has 0 saturated heterocycles. The summed E-state index contributed by atoms with van der Waals surface area (Å²) in [6.07, 6.45) is 5.57. The number of carbonyl (C=O) groups is 1. The summed E-state index contributed by atoms with van der Waals surface area (Å²) in [5.74, 6) is 0.447. The number of nitrogens with one attached hydrogen (secondary N) is 1. The van der Waals surface area contributed by atoms with Gasteiger partial charge in [-0.2, -0.15) is 0 Å². The Morgan fingerprint density at radius 2 is 2.19 bits per heavy atom. The number of hydrogen-bond donors (Lipinski definition) is 2. The lowest BCUT2D eigenvalue weighted by Gasteiger charge is -2.31. The minimum absolute atomic E-state index is 0.00111. The minimum Gasteiger partial charge on any atom is -0.372 e. The average molecular weight is 228 g/mol. The molecule has 0 heterocycles. The van der Waals surface area contributed by atoms with E-state index in [1.165, 1.54) is 12.8 Å². The van der Waals surface area contributed by atoms with Crippen molar-refractivity contribution in [3.8, 4) is 0 Å². The molecule has 0 spiro atoms. The molecule has 1 saturated carbocycles. The van der Waals surface area contributed by atoms with Gasteiger partial charge in [-0.05, 0) is 31.7 Å². The van der Waals surface area contributed by atoms with Crippen molar-refractivity contribution in [1.82, 2.24) is 5.32 Å². The van der Waals surface area contributed by atoms with Crippen molar-refractivity contribution >= 4 is 5.91 Å². The molecular weight excluding hydrogens is 204 g/mol. The summed E-state index contributed by atoms with van der Waals surface area (Å²) < 4.78 is 5.21. The van der Waals surface area contributed by atoms with E-state index in [4.69, 9.17) is 10.5 Å². The van der Waals surface area contributed by atoms with Crippen LogP contribution in [0.5, 0.6) is 0 Å². The third-order valence-electron chi connectivity index (χ3n) is 3.14. The van der Waals surface area contributed by atoms with Crippen molar-refractivity contribution < 1.29 is 9.53 Å². The van der Waals surface area contributed by atoms with Crippen LogP contribution >= 0.6 is 0 Å². The van der Waals surface area contributed by atoms with Crippen molar-refractivity contribution in [2.75, 3.05) is 19.8 Å². The maximum absolute atomic E-state index is 11.6. The van der Waals surface area contributed by atoms with Crippen LogP contribution in [0.4, 0.5) is 0 Å². The molecule has 0 aliphatic heterocycles. The van der Waals surface area contributed by atoms with Crippen LogP contribution in [0.1, 0.15) is 39.0 Å². The summed E-state index contributed by atoms with van der Waals surface area (Å²) >= 11 is 0. The molecular formula is C12H24N2O2. The first-order valence-corrected chi connectivity index (χ1v) is 6.35. The van der Waals surface area contributed by atoms with Crippen LogP contribution in [-0.4, -0.2) is 31.7 Å². The second-order valence-corrected chi connectivity index (χ2v) is 4.51. The molecule has 0 aromatic carbocycles. The largest absolute Gasteiger partial charge is 0.372 e. The highest BCUT2D eigenvalue weighted by Crippen LogP contribution is 2.23. The second kappa shape index (κ2) is 7.63. The summed E-state index contributed by atoms with van der Waals surface area (Å²) in [6, 6.07) is 0.261. The van der Waals surface area contributed by atoms with Crippen LogP contribution in [0, 0.1) is 5.92 Å². The second-order valence-electron chi connectivity index (χ2n) is 4.51. The van der Waals surface area contributed by atoms with Gasteiger partial charge < -0.3 is 15.8 Å². The molecule has 1 aliphatic rings. The fourth-order valence-electron chi connectivity index (χ4n) is 2.24. The average Bonchev–Trinajstić information content (AvgIpc) is 2.30. The third-order valence-corrected chi connectivity index (χ3v) is 3.14. The van der Waals surface area contributed by atoms with Crippen molar-refractivity contribution in [3.05, 3.63) is 0 Å². The number of carbonyl (C=O) groups excluding carboxylic acids is 1. The Morgan fingerprint density at radius 3 is 2.88 bits per heavy atom. The summed E-state index contributed by atoms with van der Waals surface area (Å²) in [4.78, 5) is 11.6. The number of amides is 1. The van der Waals surface area contributed by atoms with Crippen molar-refractivity contribution in [1.29, 1.82) is 0 Å². The van der Waals surface area contributed by atoms with E-state index in [9.17, 15) is 4.79 Å². The molecule has 94 valence electrons. The molecule has 1 rings (SSSR count). The lowest BCUT2D eigenvalue weighted by molar-refractivity contribution is -0.127. The Labute approximate surface area is 97.9 Å². The van der Waals surface area contributed by atoms with Gasteiger partial charge in [-0.25, -0.2) is 0 Å². The van der Waals surface area contributed by atoms with Crippen LogP contribution in [-0.2, 0) is 9.53 Å². The topological polar surface area (TPSA) is 64.3 Å². The fraction of sp³-hybridized carbons (Fsp3) is 0.917. The highest BCUT2D eigenvalue weighted by molar-refractivity contribution is 5.77. The van der Waals surface area contributed by atoms with E-state index >= 15 is 0 Å². The lowest BCUT2D eigenvalue weighted by atomic mass is 9.84. The van der Waals surface area contributed by atoms with Crippen LogP contribution < -0.4 is 11.1 Å². The predicted octanol–water partition coefficient (Wildman–Crippen LogP) is 1.05. The number of ether oxygens (including phenoxy) is 1. The highest BCUT2D eigenvalue weighted by atomic mass is 16.5. The van der Waals surface area contributed by atoms with Gasteiger partial charge >= 0.3 is 0 Å². The quantitative estimate of drug-likeness (QED) is 0.668. The number of hydrogen-bond acceptors (Lipinski definition) is 3. The molecule has 0 bridgehead atoms. The molecule has 4 heteroatoms. The van der Waals surface area contributed by atoms with Gasteiger partial charge in [0, 0.05) is 12.6 Å². The maximum Gasteiger partial charge on any atom is 0.246 e. The van der Waals surface area contributed by atoms with Gasteiger partial charge in [0.05, 0.1) is 0 Å². The van der Waals surface area contributed by atoms with Gasteiger partial charge in [0.1, 0.15) is 6.61 Å². The van der Waals surface area contributed by atoms with Gasteiger partial charge in [0.25, 0.3) is 0 Å². The van der Waals surface area contributed by atoms with E-state index in [2.05, 4.69) is 5.32 Å². The monoisotopic (exact) mass is 228 g/mol.